The number of amides is 2. The number of nitrogens with one attached hydrogen (secondary N) is 1. The van der Waals surface area contributed by atoms with Gasteiger partial charge in [0.05, 0.1) is 40.7 Å². The predicted molar refractivity (Wildman–Crippen MR) is 161 cm³/mol. The lowest BCUT2D eigenvalue weighted by Gasteiger charge is -2.43. The number of carbonyl (C=O) groups is 2. The standard InChI is InChI=1S/C31H34ClF3N6O3/c1-4-21-18-40(30(43)22-9-8-19(32)15-24(22)31(33,34)35)13-14-41(21)26-11-10-25(23-7-6-12-36-29(23)44-5-2)38-27(26)28(42)37-20-16-39(3)17-20/h6-12,15,20-21H,4-5,13-14,16-18H2,1-3H3,(H,37,42)/t21-/m1/s1. The van der Waals surface area contributed by atoms with Crippen LogP contribution in [-0.4, -0.2) is 90.0 Å². The van der Waals surface area contributed by atoms with Gasteiger partial charge in [0.15, 0.2) is 5.69 Å². The van der Waals surface area contributed by atoms with Crippen molar-refractivity contribution < 1.29 is 27.5 Å². The van der Waals surface area contributed by atoms with Crippen molar-refractivity contribution in [2.24, 2.45) is 0 Å². The Morgan fingerprint density at radius 2 is 1.86 bits per heavy atom. The molecule has 1 atom stereocenters. The zero-order valence-corrected chi connectivity index (χ0v) is 25.5. The van der Waals surface area contributed by atoms with Crippen molar-refractivity contribution in [3.05, 3.63) is 70.5 Å². The highest BCUT2D eigenvalue weighted by Gasteiger charge is 2.39. The van der Waals surface area contributed by atoms with Crippen LogP contribution in [0.5, 0.6) is 5.88 Å². The van der Waals surface area contributed by atoms with Crippen LogP contribution in [0.3, 0.4) is 0 Å². The topological polar surface area (TPSA) is 90.9 Å². The molecule has 9 nitrogen and oxygen atoms in total. The number of pyridine rings is 2. The highest BCUT2D eigenvalue weighted by Crippen LogP contribution is 2.36. The Labute approximate surface area is 259 Å². The first-order valence-electron chi connectivity index (χ1n) is 14.5. The molecular weight excluding hydrogens is 597 g/mol. The van der Waals surface area contributed by atoms with Crippen LogP contribution in [0.25, 0.3) is 11.3 Å². The van der Waals surface area contributed by atoms with Crippen molar-refractivity contribution in [1.29, 1.82) is 0 Å². The number of anilines is 1. The zero-order chi connectivity index (χ0) is 31.6. The number of aromatic nitrogens is 2. The summed E-state index contributed by atoms with van der Waals surface area (Å²) < 4.78 is 47.0. The smallest absolute Gasteiger partial charge is 0.417 e. The van der Waals surface area contributed by atoms with Gasteiger partial charge < -0.3 is 24.8 Å². The van der Waals surface area contributed by atoms with Gasteiger partial charge in [-0.1, -0.05) is 18.5 Å². The Kier molecular flexibility index (Phi) is 9.31. The second-order valence-electron chi connectivity index (χ2n) is 10.9. The lowest BCUT2D eigenvalue weighted by molar-refractivity contribution is -0.138. The first kappa shape index (κ1) is 31.5. The van der Waals surface area contributed by atoms with Crippen LogP contribution in [0.2, 0.25) is 5.02 Å². The number of carbonyl (C=O) groups excluding carboxylic acids is 2. The van der Waals surface area contributed by atoms with E-state index >= 15 is 0 Å². The fourth-order valence-corrected chi connectivity index (χ4v) is 5.87. The molecule has 0 radical (unpaired) electrons. The van der Waals surface area contributed by atoms with Crippen LogP contribution in [0.1, 0.15) is 46.7 Å². The average molecular weight is 631 g/mol. The summed E-state index contributed by atoms with van der Waals surface area (Å²) in [5.74, 6) is -0.639. The van der Waals surface area contributed by atoms with Gasteiger partial charge in [-0.25, -0.2) is 9.97 Å². The molecule has 4 heterocycles. The molecule has 13 heteroatoms. The highest BCUT2D eigenvalue weighted by molar-refractivity contribution is 6.30. The molecule has 0 bridgehead atoms. The molecular formula is C31H34ClF3N6O3. The number of alkyl halides is 3. The molecule has 0 aliphatic carbocycles. The second-order valence-corrected chi connectivity index (χ2v) is 11.4. The van der Waals surface area contributed by atoms with E-state index in [4.69, 9.17) is 21.3 Å². The molecule has 0 unspecified atom stereocenters. The molecule has 2 aromatic heterocycles. The molecule has 1 N–H and O–H groups in total. The Balaban J connectivity index is 1.46. The monoisotopic (exact) mass is 630 g/mol. The van der Waals surface area contributed by atoms with E-state index in [9.17, 15) is 22.8 Å². The summed E-state index contributed by atoms with van der Waals surface area (Å²) in [6, 6.07) is 10.1. The van der Waals surface area contributed by atoms with Crippen molar-refractivity contribution in [3.63, 3.8) is 0 Å². The maximum absolute atomic E-state index is 13.8. The second kappa shape index (κ2) is 13.0. The lowest BCUT2D eigenvalue weighted by Crippen LogP contribution is -2.58. The van der Waals surface area contributed by atoms with Crippen molar-refractivity contribution in [3.8, 4) is 17.1 Å². The molecule has 2 aliphatic heterocycles. The third-order valence-electron chi connectivity index (χ3n) is 7.88. The summed E-state index contributed by atoms with van der Waals surface area (Å²) in [6.07, 6.45) is -2.54. The molecule has 0 spiro atoms. The van der Waals surface area contributed by atoms with Gasteiger partial charge in [-0.3, -0.25) is 9.59 Å². The van der Waals surface area contributed by atoms with E-state index in [1.807, 2.05) is 37.9 Å². The molecule has 2 saturated heterocycles. The predicted octanol–water partition coefficient (Wildman–Crippen LogP) is 5.00. The van der Waals surface area contributed by atoms with E-state index in [0.717, 1.165) is 25.2 Å². The molecule has 2 aliphatic rings. The minimum absolute atomic E-state index is 0.0122. The van der Waals surface area contributed by atoms with Crippen molar-refractivity contribution in [2.45, 2.75) is 38.5 Å². The number of rotatable bonds is 8. The van der Waals surface area contributed by atoms with Gasteiger partial charge in [0.2, 0.25) is 5.88 Å². The van der Waals surface area contributed by atoms with E-state index < -0.39 is 23.2 Å². The van der Waals surface area contributed by atoms with Crippen molar-refractivity contribution in [2.75, 3.05) is 51.3 Å². The van der Waals surface area contributed by atoms with Crippen LogP contribution in [0.15, 0.2) is 48.7 Å². The van der Waals surface area contributed by atoms with Crippen LogP contribution < -0.4 is 15.0 Å². The summed E-state index contributed by atoms with van der Waals surface area (Å²) in [4.78, 5) is 41.7. The number of halogens is 4. The van der Waals surface area contributed by atoms with Gasteiger partial charge in [0.1, 0.15) is 0 Å². The maximum Gasteiger partial charge on any atom is 0.417 e. The van der Waals surface area contributed by atoms with Gasteiger partial charge in [0, 0.05) is 50.0 Å². The number of hydrogen-bond acceptors (Lipinski definition) is 7. The largest absolute Gasteiger partial charge is 0.477 e. The number of nitrogens with zero attached hydrogens (tertiary/aromatic N) is 5. The fourth-order valence-electron chi connectivity index (χ4n) is 5.70. The van der Waals surface area contributed by atoms with E-state index in [1.54, 1.807) is 18.3 Å². The molecule has 2 amide bonds. The van der Waals surface area contributed by atoms with Crippen molar-refractivity contribution in [1.82, 2.24) is 25.1 Å². The number of ether oxygens (including phenoxy) is 1. The molecule has 0 saturated carbocycles. The van der Waals surface area contributed by atoms with Gasteiger partial charge in [-0.05, 0) is 62.9 Å². The van der Waals surface area contributed by atoms with Gasteiger partial charge in [0.25, 0.3) is 11.8 Å². The van der Waals surface area contributed by atoms with Gasteiger partial charge in [-0.15, -0.1) is 0 Å². The summed E-state index contributed by atoms with van der Waals surface area (Å²) in [7, 11) is 1.97. The van der Waals surface area contributed by atoms with E-state index in [-0.39, 0.29) is 41.8 Å². The normalized spacial score (nSPS) is 17.8. The quantitative estimate of drug-likeness (QED) is 0.375. The van der Waals surface area contributed by atoms with E-state index in [0.29, 0.717) is 42.4 Å². The summed E-state index contributed by atoms with van der Waals surface area (Å²) in [5, 5.41) is 2.97. The molecule has 5 rings (SSSR count). The van der Waals surface area contributed by atoms with E-state index in [2.05, 4.69) is 15.2 Å². The number of hydrogen-bond donors (Lipinski definition) is 1. The Morgan fingerprint density at radius 3 is 2.55 bits per heavy atom. The summed E-state index contributed by atoms with van der Waals surface area (Å²) in [5.41, 5.74) is 0.464. The van der Waals surface area contributed by atoms with Gasteiger partial charge in [-0.2, -0.15) is 13.2 Å². The van der Waals surface area contributed by atoms with Crippen molar-refractivity contribution >= 4 is 29.1 Å². The Bertz CT molecular complexity index is 1530. The summed E-state index contributed by atoms with van der Waals surface area (Å²) >= 11 is 5.83. The van der Waals surface area contributed by atoms with Crippen LogP contribution in [0.4, 0.5) is 18.9 Å². The molecule has 2 fully saturated rings. The first-order valence-corrected chi connectivity index (χ1v) is 14.9. The summed E-state index contributed by atoms with van der Waals surface area (Å²) in [6.45, 7) is 6.27. The number of piperazine rings is 1. The van der Waals surface area contributed by atoms with Gasteiger partial charge >= 0.3 is 6.18 Å². The minimum atomic E-state index is -4.73. The highest BCUT2D eigenvalue weighted by atomic mass is 35.5. The van der Waals surface area contributed by atoms with E-state index in [1.165, 1.54) is 11.0 Å². The lowest BCUT2D eigenvalue weighted by atomic mass is 10.0. The average Bonchev–Trinajstić information content (AvgIpc) is 2.99. The Morgan fingerprint density at radius 1 is 1.09 bits per heavy atom. The Hall–Kier alpha value is -3.90. The van der Waals surface area contributed by atoms with Crippen LogP contribution in [-0.2, 0) is 6.18 Å². The third kappa shape index (κ3) is 6.61. The van der Waals surface area contributed by atoms with Crippen LogP contribution in [0, 0.1) is 0 Å². The maximum atomic E-state index is 13.8. The fraction of sp³-hybridized carbons (Fsp3) is 0.419. The third-order valence-corrected chi connectivity index (χ3v) is 8.12. The molecule has 1 aromatic carbocycles. The first-order chi connectivity index (χ1) is 21.0. The zero-order valence-electron chi connectivity index (χ0n) is 24.7. The molecule has 3 aromatic rings. The van der Waals surface area contributed by atoms with Crippen LogP contribution >= 0.6 is 11.6 Å². The molecule has 234 valence electrons. The molecule has 44 heavy (non-hydrogen) atoms. The number of likely N-dealkylation sites (tertiary alicyclic amines) is 1. The number of benzene rings is 1. The minimum Gasteiger partial charge on any atom is -0.477 e. The SMILES string of the molecule is CCOc1ncccc1-c1ccc(N2CCN(C(=O)c3ccc(Cl)cc3C(F)(F)F)C[C@H]2CC)c(C(=O)NC2CN(C)C2)n1. The number of likely N-dealkylation sites (N-methyl/N-ethyl adjacent to an activating group) is 1.